The van der Waals surface area contributed by atoms with Crippen LogP contribution in [0.3, 0.4) is 0 Å². The molecular weight excluding hydrogens is 492 g/mol. The van der Waals surface area contributed by atoms with Crippen LogP contribution in [-0.2, 0) is 11.2 Å². The van der Waals surface area contributed by atoms with Crippen molar-refractivity contribution in [3.05, 3.63) is 86.9 Å². The zero-order chi connectivity index (χ0) is 28.7. The van der Waals surface area contributed by atoms with Crippen molar-refractivity contribution in [2.75, 3.05) is 0 Å². The van der Waals surface area contributed by atoms with Crippen LogP contribution in [0.1, 0.15) is 70.3 Å². The summed E-state index contributed by atoms with van der Waals surface area (Å²) in [6, 6.07) is 15.0. The Kier molecular flexibility index (Phi) is 9.82. The summed E-state index contributed by atoms with van der Waals surface area (Å²) < 4.78 is 1.75. The highest BCUT2D eigenvalue weighted by Crippen LogP contribution is 2.36. The molecule has 1 N–H and O–H groups in total. The molecule has 0 radical (unpaired) electrons. The van der Waals surface area contributed by atoms with Gasteiger partial charge in [0, 0.05) is 39.0 Å². The van der Waals surface area contributed by atoms with Gasteiger partial charge >= 0.3 is 0 Å². The van der Waals surface area contributed by atoms with Crippen LogP contribution in [0.15, 0.2) is 70.0 Å². The Balaban J connectivity index is 2.02. The van der Waals surface area contributed by atoms with Crippen molar-refractivity contribution >= 4 is 17.2 Å². The highest BCUT2D eigenvalue weighted by molar-refractivity contribution is 5.93. The van der Waals surface area contributed by atoms with Crippen LogP contribution in [0.4, 0.5) is 11.4 Å². The van der Waals surface area contributed by atoms with Gasteiger partial charge in [-0.05, 0) is 49.0 Å². The number of unbranched alkanes of at least 4 members (excludes halogenated alkanes) is 3. The molecule has 0 saturated heterocycles. The number of carbonyl (C=O) groups excluding carboxylic acids is 1. The lowest BCUT2D eigenvalue weighted by Gasteiger charge is -2.10. The third-order valence-corrected chi connectivity index (χ3v) is 6.61. The van der Waals surface area contributed by atoms with Crippen LogP contribution in [0.25, 0.3) is 16.8 Å². The molecule has 8 heteroatoms. The van der Waals surface area contributed by atoms with E-state index >= 15 is 0 Å². The first-order valence-corrected chi connectivity index (χ1v) is 13.3. The molecule has 8 nitrogen and oxygen atoms in total. The normalized spacial score (nSPS) is 11.1. The second-order valence-corrected chi connectivity index (χ2v) is 10.1. The first-order valence-electron chi connectivity index (χ1n) is 13.3. The van der Waals surface area contributed by atoms with E-state index in [9.17, 15) is 20.0 Å². The lowest BCUT2D eigenvalue weighted by atomic mass is 10.00. The minimum atomic E-state index is -0.543. The molecule has 3 rings (SSSR count). The zero-order valence-corrected chi connectivity index (χ0v) is 23.6. The molecule has 0 fully saturated rings. The number of nitro groups is 1. The first-order chi connectivity index (χ1) is 18.5. The summed E-state index contributed by atoms with van der Waals surface area (Å²) in [4.78, 5) is 23.1. The molecule has 0 aliphatic carbocycles. The molecule has 0 spiro atoms. The van der Waals surface area contributed by atoms with Crippen molar-refractivity contribution in [3.63, 3.8) is 0 Å². The molecule has 0 aliphatic heterocycles. The first kappa shape index (κ1) is 29.4. The number of allylic oxidation sites excluding steroid dienone is 2. The van der Waals surface area contributed by atoms with Crippen molar-refractivity contribution in [3.8, 4) is 22.6 Å². The molecule has 2 aromatic carbocycles. The summed E-state index contributed by atoms with van der Waals surface area (Å²) in [5, 5.41) is 30.8. The van der Waals surface area contributed by atoms with Gasteiger partial charge in [-0.1, -0.05) is 50.5 Å². The highest BCUT2D eigenvalue weighted by atomic mass is 16.6. The van der Waals surface area contributed by atoms with Gasteiger partial charge in [-0.3, -0.25) is 14.9 Å². The Morgan fingerprint density at radius 1 is 0.949 bits per heavy atom. The van der Waals surface area contributed by atoms with Crippen molar-refractivity contribution in [1.29, 1.82) is 0 Å². The average Bonchev–Trinajstić information content (AvgIpc) is 2.87. The molecule has 0 unspecified atom stereocenters. The summed E-state index contributed by atoms with van der Waals surface area (Å²) in [7, 11) is 0. The molecule has 0 aliphatic rings. The maximum Gasteiger partial charge on any atom is 0.278 e. The largest absolute Gasteiger partial charge is 0.501 e. The number of aryl methyl sites for hydroxylation is 3. The predicted octanol–water partition coefficient (Wildman–Crippen LogP) is 7.95. The van der Waals surface area contributed by atoms with Gasteiger partial charge in [0.1, 0.15) is 11.4 Å². The maximum atomic E-state index is 11.9. The lowest BCUT2D eigenvalue weighted by Crippen LogP contribution is -2.37. The summed E-state index contributed by atoms with van der Waals surface area (Å²) in [6.07, 6.45) is 5.99. The number of aromatic hydroxyl groups is 1. The quantitative estimate of drug-likeness (QED) is 0.0678. The number of carbonyl (C=O) groups is 1. The number of ketones is 1. The molecule has 0 bridgehead atoms. The van der Waals surface area contributed by atoms with Gasteiger partial charge in [-0.15, -0.1) is 10.2 Å². The monoisotopic (exact) mass is 529 g/mol. The van der Waals surface area contributed by atoms with Gasteiger partial charge in [0.15, 0.2) is 17.2 Å². The molecule has 0 saturated carbocycles. The lowest BCUT2D eigenvalue weighted by molar-refractivity contribution is -0.610. The van der Waals surface area contributed by atoms with Crippen molar-refractivity contribution < 1.29 is 19.4 Å². The maximum absolute atomic E-state index is 11.9. The van der Waals surface area contributed by atoms with Crippen molar-refractivity contribution in [2.45, 2.75) is 73.6 Å². The third-order valence-electron chi connectivity index (χ3n) is 6.61. The summed E-state index contributed by atoms with van der Waals surface area (Å²) in [6.45, 7) is 10.8. The van der Waals surface area contributed by atoms with E-state index in [0.717, 1.165) is 35.0 Å². The van der Waals surface area contributed by atoms with Gasteiger partial charge in [0.05, 0.1) is 11.0 Å². The van der Waals surface area contributed by atoms with E-state index in [2.05, 4.69) is 41.4 Å². The van der Waals surface area contributed by atoms with Gasteiger partial charge in [-0.2, -0.15) is 4.57 Å². The number of hydrogen-bond donors (Lipinski definition) is 1. The number of nitrogens with zero attached hydrogens (tertiary/aromatic N) is 4. The topological polar surface area (TPSA) is 109 Å². The number of aromatic nitrogens is 1. The van der Waals surface area contributed by atoms with Crippen LogP contribution in [0.5, 0.6) is 5.75 Å². The zero-order valence-electron chi connectivity index (χ0n) is 23.6. The fourth-order valence-electron chi connectivity index (χ4n) is 4.63. The number of benzene rings is 2. The standard InChI is InChI=1S/C31H36N4O4/c1-7-8-9-10-11-24-12-14-25(15-13-24)26-16-21(4)34(22(5)17-26)29-19-27(35(38)39)18-28(31(29)37)32-33-30(20(2)3)23(6)36/h12-19H,7-11H2,1-6H3/p+1. The molecule has 1 heterocycles. The smallest absolute Gasteiger partial charge is 0.278 e. The van der Waals surface area contributed by atoms with Crippen LogP contribution in [0.2, 0.25) is 0 Å². The Bertz CT molecular complexity index is 1410. The summed E-state index contributed by atoms with van der Waals surface area (Å²) in [5.41, 5.74) is 5.62. The Morgan fingerprint density at radius 2 is 1.59 bits per heavy atom. The number of phenolic OH excluding ortho intramolecular Hbond substituents is 1. The molecular formula is C31H37N4O4+. The van der Waals surface area contributed by atoms with Gasteiger partial charge in [0.25, 0.3) is 11.4 Å². The number of pyridine rings is 1. The Hall–Kier alpha value is -4.20. The van der Waals surface area contributed by atoms with E-state index in [0.29, 0.717) is 5.57 Å². The summed E-state index contributed by atoms with van der Waals surface area (Å²) in [5.74, 6) is -0.553. The van der Waals surface area contributed by atoms with Crippen LogP contribution in [0, 0.1) is 24.0 Å². The van der Waals surface area contributed by atoms with Crippen molar-refractivity contribution in [2.24, 2.45) is 10.2 Å². The Labute approximate surface area is 229 Å². The fraction of sp³-hybridized carbons (Fsp3) is 0.355. The van der Waals surface area contributed by atoms with E-state index in [1.807, 2.05) is 26.0 Å². The number of azo groups is 1. The average molecular weight is 530 g/mol. The summed E-state index contributed by atoms with van der Waals surface area (Å²) >= 11 is 0. The molecule has 0 atom stereocenters. The van der Waals surface area contributed by atoms with E-state index in [4.69, 9.17) is 0 Å². The predicted molar refractivity (Wildman–Crippen MR) is 153 cm³/mol. The number of nitro benzene ring substituents is 1. The van der Waals surface area contributed by atoms with E-state index < -0.39 is 4.92 Å². The fourth-order valence-corrected chi connectivity index (χ4v) is 4.63. The van der Waals surface area contributed by atoms with E-state index in [1.54, 1.807) is 18.4 Å². The molecule has 0 amide bonds. The van der Waals surface area contributed by atoms with E-state index in [1.165, 1.54) is 44.2 Å². The molecule has 3 aromatic rings. The van der Waals surface area contributed by atoms with E-state index in [-0.39, 0.29) is 34.3 Å². The number of rotatable bonds is 11. The number of Topliss-reactive ketones (excluding diaryl/α,β-unsaturated/α-hetero) is 1. The van der Waals surface area contributed by atoms with Crippen LogP contribution < -0.4 is 4.57 Å². The van der Waals surface area contributed by atoms with Gasteiger partial charge < -0.3 is 5.11 Å². The van der Waals surface area contributed by atoms with Gasteiger partial charge in [0.2, 0.25) is 5.75 Å². The number of non-ortho nitro benzene ring substituents is 1. The second-order valence-electron chi connectivity index (χ2n) is 10.1. The van der Waals surface area contributed by atoms with Crippen molar-refractivity contribution in [1.82, 2.24) is 0 Å². The minimum Gasteiger partial charge on any atom is -0.501 e. The number of phenols is 1. The number of hydrogen-bond acceptors (Lipinski definition) is 6. The Morgan fingerprint density at radius 3 is 2.13 bits per heavy atom. The van der Waals surface area contributed by atoms with Gasteiger partial charge in [-0.25, -0.2) is 0 Å². The second kappa shape index (κ2) is 13.0. The minimum absolute atomic E-state index is 0.0934. The highest BCUT2D eigenvalue weighted by Gasteiger charge is 2.27. The third kappa shape index (κ3) is 7.22. The van der Waals surface area contributed by atoms with Crippen LogP contribution >= 0.6 is 0 Å². The molecule has 39 heavy (non-hydrogen) atoms. The SMILES string of the molecule is CCCCCCc1ccc(-c2cc(C)[n+](-c3cc([N+](=O)[O-])cc(N=NC(C(C)=O)=C(C)C)c3O)c(C)c2)cc1. The molecule has 1 aromatic heterocycles. The molecule has 204 valence electrons. The van der Waals surface area contributed by atoms with Crippen LogP contribution in [-0.4, -0.2) is 15.8 Å².